The Morgan fingerprint density at radius 3 is 2.63 bits per heavy atom. The smallest absolute Gasteiger partial charge is 0.238 e. The zero-order chi connectivity index (χ0) is 13.2. The van der Waals surface area contributed by atoms with Gasteiger partial charge in [-0.3, -0.25) is 9.69 Å². The molecule has 1 heterocycles. The van der Waals surface area contributed by atoms with E-state index in [9.17, 15) is 4.79 Å². The third kappa shape index (κ3) is 2.55. The number of thioether (sulfide) groups is 1. The molecule has 4 heteroatoms. The first-order chi connectivity index (χ1) is 9.25. The van der Waals surface area contributed by atoms with Gasteiger partial charge in [0.25, 0.3) is 0 Å². The number of carbonyl (C=O) groups is 1. The first kappa shape index (κ1) is 12.8. The molecular weight excluding hydrogens is 322 g/mol. The van der Waals surface area contributed by atoms with Gasteiger partial charge in [-0.05, 0) is 29.8 Å². The Hall–Kier alpha value is -1.26. The van der Waals surface area contributed by atoms with Gasteiger partial charge in [-0.1, -0.05) is 46.3 Å². The van der Waals surface area contributed by atoms with Crippen molar-refractivity contribution in [1.29, 1.82) is 0 Å². The maximum absolute atomic E-state index is 12.1. The lowest BCUT2D eigenvalue weighted by Crippen LogP contribution is -2.27. The molecule has 1 saturated heterocycles. The zero-order valence-corrected chi connectivity index (χ0v) is 12.5. The van der Waals surface area contributed by atoms with Crippen molar-refractivity contribution in [3.63, 3.8) is 0 Å². The number of para-hydroxylation sites is 1. The number of hydrogen-bond acceptors (Lipinski definition) is 2. The minimum Gasteiger partial charge on any atom is -0.295 e. The van der Waals surface area contributed by atoms with Crippen LogP contribution in [0.3, 0.4) is 0 Å². The largest absolute Gasteiger partial charge is 0.295 e. The molecule has 0 radical (unpaired) electrons. The molecule has 1 aliphatic heterocycles. The molecule has 0 unspecified atom stereocenters. The summed E-state index contributed by atoms with van der Waals surface area (Å²) in [7, 11) is 0. The summed E-state index contributed by atoms with van der Waals surface area (Å²) in [5.74, 6) is 0.702. The SMILES string of the molecule is O=C1CS[C@H](c2cccc(Br)c2)N1c1ccccc1. The second kappa shape index (κ2) is 5.39. The highest BCUT2D eigenvalue weighted by atomic mass is 79.9. The van der Waals surface area contributed by atoms with Gasteiger partial charge >= 0.3 is 0 Å². The zero-order valence-electron chi connectivity index (χ0n) is 10.1. The summed E-state index contributed by atoms with van der Waals surface area (Å²) >= 11 is 5.16. The van der Waals surface area contributed by atoms with E-state index >= 15 is 0 Å². The highest BCUT2D eigenvalue weighted by Crippen LogP contribution is 2.41. The van der Waals surface area contributed by atoms with Crippen molar-refractivity contribution in [3.8, 4) is 0 Å². The maximum Gasteiger partial charge on any atom is 0.238 e. The van der Waals surface area contributed by atoms with Gasteiger partial charge in [-0.15, -0.1) is 11.8 Å². The van der Waals surface area contributed by atoms with Gasteiger partial charge in [0.15, 0.2) is 0 Å². The van der Waals surface area contributed by atoms with E-state index in [-0.39, 0.29) is 11.3 Å². The Labute approximate surface area is 124 Å². The fourth-order valence-corrected chi connectivity index (χ4v) is 3.78. The van der Waals surface area contributed by atoms with Crippen molar-refractivity contribution >= 4 is 39.3 Å². The third-order valence-electron chi connectivity index (χ3n) is 3.04. The Bertz CT molecular complexity index is 602. The van der Waals surface area contributed by atoms with Crippen molar-refractivity contribution in [3.05, 3.63) is 64.6 Å². The van der Waals surface area contributed by atoms with Crippen LogP contribution in [0.1, 0.15) is 10.9 Å². The van der Waals surface area contributed by atoms with Gasteiger partial charge in [0, 0.05) is 10.2 Å². The highest BCUT2D eigenvalue weighted by Gasteiger charge is 2.33. The molecule has 1 atom stereocenters. The molecule has 2 nitrogen and oxygen atoms in total. The van der Waals surface area contributed by atoms with Crippen molar-refractivity contribution in [2.24, 2.45) is 0 Å². The second-order valence-electron chi connectivity index (χ2n) is 4.32. The van der Waals surface area contributed by atoms with Crippen LogP contribution in [0.2, 0.25) is 0 Å². The average molecular weight is 334 g/mol. The molecule has 0 saturated carbocycles. The molecule has 3 rings (SSSR count). The van der Waals surface area contributed by atoms with Gasteiger partial charge in [0.05, 0.1) is 5.75 Å². The predicted octanol–water partition coefficient (Wildman–Crippen LogP) is 4.23. The number of amides is 1. The van der Waals surface area contributed by atoms with Gasteiger partial charge in [-0.2, -0.15) is 0 Å². The van der Waals surface area contributed by atoms with E-state index < -0.39 is 0 Å². The standard InChI is InChI=1S/C15H12BrNOS/c16-12-6-4-5-11(9-12)15-17(14(18)10-19-15)13-7-2-1-3-8-13/h1-9,15H,10H2/t15-/m1/s1. The minimum absolute atomic E-state index is 0.0624. The van der Waals surface area contributed by atoms with Gasteiger partial charge in [-0.25, -0.2) is 0 Å². The van der Waals surface area contributed by atoms with E-state index in [2.05, 4.69) is 28.1 Å². The topological polar surface area (TPSA) is 20.3 Å². The lowest BCUT2D eigenvalue weighted by atomic mass is 10.2. The van der Waals surface area contributed by atoms with Crippen molar-refractivity contribution in [2.45, 2.75) is 5.37 Å². The van der Waals surface area contributed by atoms with E-state index in [0.717, 1.165) is 15.7 Å². The molecule has 0 N–H and O–H groups in total. The first-order valence-corrected chi connectivity index (χ1v) is 7.84. The van der Waals surface area contributed by atoms with Crippen LogP contribution in [0, 0.1) is 0 Å². The highest BCUT2D eigenvalue weighted by molar-refractivity contribution is 9.10. The maximum atomic E-state index is 12.1. The Balaban J connectivity index is 1.99. The van der Waals surface area contributed by atoms with E-state index in [4.69, 9.17) is 0 Å². The van der Waals surface area contributed by atoms with Crippen LogP contribution in [0.5, 0.6) is 0 Å². The van der Waals surface area contributed by atoms with E-state index in [1.807, 2.05) is 47.4 Å². The van der Waals surface area contributed by atoms with Crippen molar-refractivity contribution in [1.82, 2.24) is 0 Å². The van der Waals surface area contributed by atoms with E-state index in [1.165, 1.54) is 0 Å². The lowest BCUT2D eigenvalue weighted by molar-refractivity contribution is -0.115. The summed E-state index contributed by atoms with van der Waals surface area (Å²) in [6, 6.07) is 18.0. The van der Waals surface area contributed by atoms with Crippen LogP contribution in [0.15, 0.2) is 59.1 Å². The second-order valence-corrected chi connectivity index (χ2v) is 6.30. The molecule has 1 amide bonds. The summed E-state index contributed by atoms with van der Waals surface area (Å²) in [5, 5.41) is 0.0624. The van der Waals surface area contributed by atoms with Gasteiger partial charge < -0.3 is 0 Å². The number of hydrogen-bond donors (Lipinski definition) is 0. The van der Waals surface area contributed by atoms with Crippen LogP contribution < -0.4 is 4.90 Å². The normalized spacial score (nSPS) is 18.9. The molecule has 0 aliphatic carbocycles. The minimum atomic E-state index is 0.0624. The number of carbonyl (C=O) groups excluding carboxylic acids is 1. The van der Waals surface area contributed by atoms with Crippen molar-refractivity contribution < 1.29 is 4.79 Å². The molecule has 0 bridgehead atoms. The number of anilines is 1. The number of benzene rings is 2. The molecule has 1 fully saturated rings. The predicted molar refractivity (Wildman–Crippen MR) is 83.3 cm³/mol. The van der Waals surface area contributed by atoms with Crippen LogP contribution in [0.25, 0.3) is 0 Å². The Kier molecular flexibility index (Phi) is 3.62. The summed E-state index contributed by atoms with van der Waals surface area (Å²) in [5.41, 5.74) is 2.11. The molecular formula is C15H12BrNOS. The van der Waals surface area contributed by atoms with Crippen LogP contribution in [-0.4, -0.2) is 11.7 Å². The number of nitrogens with zero attached hydrogens (tertiary/aromatic N) is 1. The summed E-state index contributed by atoms with van der Waals surface area (Å²) < 4.78 is 1.04. The fourth-order valence-electron chi connectivity index (χ4n) is 2.20. The average Bonchev–Trinajstić information content (AvgIpc) is 2.82. The fraction of sp³-hybridized carbons (Fsp3) is 0.133. The number of halogens is 1. The van der Waals surface area contributed by atoms with Gasteiger partial charge in [0.2, 0.25) is 5.91 Å². The molecule has 1 aliphatic rings. The summed E-state index contributed by atoms with van der Waals surface area (Å²) in [6.45, 7) is 0. The Morgan fingerprint density at radius 2 is 1.89 bits per heavy atom. The molecule has 0 spiro atoms. The van der Waals surface area contributed by atoms with Crippen LogP contribution in [0.4, 0.5) is 5.69 Å². The summed E-state index contributed by atoms with van der Waals surface area (Å²) in [4.78, 5) is 14.0. The van der Waals surface area contributed by atoms with Gasteiger partial charge in [0.1, 0.15) is 5.37 Å². The van der Waals surface area contributed by atoms with E-state index in [1.54, 1.807) is 11.8 Å². The number of rotatable bonds is 2. The summed E-state index contributed by atoms with van der Waals surface area (Å²) in [6.07, 6.45) is 0. The molecule has 0 aromatic heterocycles. The quantitative estimate of drug-likeness (QED) is 0.819. The first-order valence-electron chi connectivity index (χ1n) is 6.00. The third-order valence-corrected chi connectivity index (χ3v) is 4.74. The molecule has 2 aromatic rings. The van der Waals surface area contributed by atoms with Crippen LogP contribution >= 0.6 is 27.7 Å². The monoisotopic (exact) mass is 333 g/mol. The molecule has 96 valence electrons. The Morgan fingerprint density at radius 1 is 1.11 bits per heavy atom. The lowest BCUT2D eigenvalue weighted by Gasteiger charge is -2.24. The van der Waals surface area contributed by atoms with Crippen molar-refractivity contribution in [2.75, 3.05) is 10.7 Å². The molecule has 19 heavy (non-hydrogen) atoms. The molecule has 2 aromatic carbocycles. The van der Waals surface area contributed by atoms with Crippen LogP contribution in [-0.2, 0) is 4.79 Å². The van der Waals surface area contributed by atoms with E-state index in [0.29, 0.717) is 5.75 Å².